The summed E-state index contributed by atoms with van der Waals surface area (Å²) >= 11 is 12.4. The molecular formula is C39H48Cl2O20. The Morgan fingerprint density at radius 2 is 0.803 bits per heavy atom. The van der Waals surface area contributed by atoms with Gasteiger partial charge < -0.3 is 47.4 Å². The molecule has 1 rings (SSSR count). The molecule has 0 aromatic heterocycles. The van der Waals surface area contributed by atoms with Crippen LogP contribution in [-0.4, -0.2) is 122 Å². The van der Waals surface area contributed by atoms with Gasteiger partial charge in [0.2, 0.25) is 0 Å². The van der Waals surface area contributed by atoms with Crippen LogP contribution in [0.3, 0.4) is 0 Å². The molecule has 0 amide bonds. The van der Waals surface area contributed by atoms with Gasteiger partial charge in [-0.2, -0.15) is 0 Å². The number of ether oxygens (including phenoxy) is 10. The lowest BCUT2D eigenvalue weighted by atomic mass is 10.0. The molecule has 20 nitrogen and oxygen atoms in total. The summed E-state index contributed by atoms with van der Waals surface area (Å²) in [6.45, 7) is 15.2. The monoisotopic (exact) mass is 906 g/mol. The highest BCUT2D eigenvalue weighted by Crippen LogP contribution is 2.36. The van der Waals surface area contributed by atoms with Gasteiger partial charge in [0.05, 0.1) is 11.6 Å². The molecule has 0 saturated heterocycles. The predicted molar refractivity (Wildman–Crippen MR) is 207 cm³/mol. The van der Waals surface area contributed by atoms with E-state index in [1.807, 2.05) is 0 Å². The number of hydrogen-bond acceptors (Lipinski definition) is 20. The van der Waals surface area contributed by atoms with E-state index in [0.29, 0.717) is 12.0 Å². The van der Waals surface area contributed by atoms with Crippen molar-refractivity contribution in [1.29, 1.82) is 0 Å². The second-order valence-corrected chi connectivity index (χ2v) is 13.5. The minimum Gasteiger partial charge on any atom is -0.480 e. The third-order valence-corrected chi connectivity index (χ3v) is 8.55. The van der Waals surface area contributed by atoms with Crippen molar-refractivity contribution < 1.29 is 95.3 Å². The van der Waals surface area contributed by atoms with Crippen molar-refractivity contribution in [2.45, 2.75) is 124 Å². The number of carbonyl (C=O) groups is 10. The van der Waals surface area contributed by atoms with E-state index in [-0.39, 0.29) is 28.0 Å². The zero-order valence-electron chi connectivity index (χ0n) is 35.0. The van der Waals surface area contributed by atoms with Crippen molar-refractivity contribution in [3.63, 3.8) is 0 Å². The Bertz CT molecular complexity index is 1840. The highest BCUT2D eigenvalue weighted by atomic mass is 35.5. The third kappa shape index (κ3) is 17.0. The Morgan fingerprint density at radius 3 is 1.11 bits per heavy atom. The molecule has 0 bridgehead atoms. The molecule has 338 valence electrons. The molecule has 0 saturated carbocycles. The molecule has 0 aliphatic rings. The van der Waals surface area contributed by atoms with Crippen LogP contribution in [0.4, 0.5) is 0 Å². The molecule has 0 fully saturated rings. The molecule has 0 radical (unpaired) electrons. The van der Waals surface area contributed by atoms with Crippen LogP contribution in [0.5, 0.6) is 5.75 Å². The Labute approximate surface area is 360 Å². The quantitative estimate of drug-likeness (QED) is 0.0658. The van der Waals surface area contributed by atoms with E-state index in [2.05, 4.69) is 6.58 Å². The summed E-state index contributed by atoms with van der Waals surface area (Å²) in [4.78, 5) is 123. The maximum atomic E-state index is 12.5. The summed E-state index contributed by atoms with van der Waals surface area (Å²) in [5.41, 5.74) is 0.386. The summed E-state index contributed by atoms with van der Waals surface area (Å²) in [6.07, 6.45) is -12.1. The maximum Gasteiger partial charge on any atom is 0.347 e. The Hall–Kier alpha value is -5.76. The van der Waals surface area contributed by atoms with Gasteiger partial charge in [-0.3, -0.25) is 4.79 Å². The third-order valence-electron chi connectivity index (χ3n) is 7.69. The van der Waals surface area contributed by atoms with Crippen LogP contribution in [0.1, 0.15) is 86.0 Å². The van der Waals surface area contributed by atoms with Gasteiger partial charge in [0.15, 0.2) is 61.2 Å². The summed E-state index contributed by atoms with van der Waals surface area (Å²) in [6, 6.07) is 2.65. The molecule has 0 aliphatic carbocycles. The first-order chi connectivity index (χ1) is 28.4. The molecule has 22 heteroatoms. The van der Waals surface area contributed by atoms with E-state index < -0.39 is 115 Å². The molecule has 0 heterocycles. The van der Waals surface area contributed by atoms with Crippen molar-refractivity contribution in [2.75, 3.05) is 13.2 Å². The molecule has 8 atom stereocenters. The highest BCUT2D eigenvalue weighted by Gasteiger charge is 2.33. The van der Waals surface area contributed by atoms with Gasteiger partial charge in [-0.15, -0.1) is 0 Å². The van der Waals surface area contributed by atoms with E-state index in [9.17, 15) is 47.9 Å². The SMILES string of the molecule is C=C(CC)C(=O)c1ccc(OCC(=O)O[C@H](C)C(=O)O[C@H](C)C(=O)O[C@H](C)C(=O)O[C@H](C)C(=O)O[C@H](C)C(=O)O[C@H](C)C(=O)O[C@H](C)C(=O)O[C@H](C)C(=O)OCC)c(Cl)c1Cl. The number of Topliss-reactive ketones (excluding diaryl/α,β-unsaturated/α-hetero) is 1. The minimum absolute atomic E-state index is 0.0461. The molecule has 0 unspecified atom stereocenters. The predicted octanol–water partition coefficient (Wildman–Crippen LogP) is 3.54. The molecular weight excluding hydrogens is 859 g/mol. The van der Waals surface area contributed by atoms with Crippen molar-refractivity contribution in [3.05, 3.63) is 39.9 Å². The van der Waals surface area contributed by atoms with Crippen LogP contribution in [0.2, 0.25) is 10.0 Å². The largest absolute Gasteiger partial charge is 0.480 e. The minimum atomic E-state index is -1.66. The Kier molecular flexibility index (Phi) is 21.9. The normalized spacial score (nSPS) is 14.6. The van der Waals surface area contributed by atoms with E-state index in [4.69, 9.17) is 70.6 Å². The summed E-state index contributed by atoms with van der Waals surface area (Å²) < 4.78 is 49.5. The number of halogens is 2. The van der Waals surface area contributed by atoms with Gasteiger partial charge in [0.1, 0.15) is 10.8 Å². The zero-order valence-corrected chi connectivity index (χ0v) is 36.5. The standard InChI is InChI=1S/C39H48Cl2O20/c1-12-17(3)31(43)26-14-15-27(30(41)29(26)40)53-16-28(42)54-19(5)33(45)56-21(7)35(47)58-23(9)37(49)60-25(11)39(51)61-24(10)38(50)59-22(8)36(48)57-20(6)34(46)55-18(4)32(44)52-13-2/h14-15,18-25H,3,12-13,16H2,1-2,4-11H3/t18-,19-,20-,21-,22-,23-,24-,25-/m1/s1. The molecule has 61 heavy (non-hydrogen) atoms. The molecule has 0 spiro atoms. The maximum absolute atomic E-state index is 12.5. The van der Waals surface area contributed by atoms with Crippen molar-refractivity contribution in [1.82, 2.24) is 0 Å². The van der Waals surface area contributed by atoms with Gasteiger partial charge in [-0.05, 0) is 86.4 Å². The number of carbonyl (C=O) groups excluding carboxylic acids is 10. The van der Waals surface area contributed by atoms with Crippen LogP contribution in [0, 0.1) is 0 Å². The van der Waals surface area contributed by atoms with Crippen molar-refractivity contribution in [2.24, 2.45) is 0 Å². The average molecular weight is 908 g/mol. The lowest BCUT2D eigenvalue weighted by Crippen LogP contribution is -2.39. The van der Waals surface area contributed by atoms with Crippen LogP contribution < -0.4 is 4.74 Å². The first kappa shape index (κ1) is 53.3. The molecule has 1 aromatic carbocycles. The van der Waals surface area contributed by atoms with Crippen molar-refractivity contribution in [3.8, 4) is 5.75 Å². The fraction of sp³-hybridized carbons (Fsp3) is 0.538. The van der Waals surface area contributed by atoms with E-state index in [0.717, 1.165) is 48.5 Å². The summed E-state index contributed by atoms with van der Waals surface area (Å²) in [5, 5.41) is -0.275. The Morgan fingerprint density at radius 1 is 0.492 bits per heavy atom. The van der Waals surface area contributed by atoms with Gasteiger partial charge in [0.25, 0.3) is 0 Å². The van der Waals surface area contributed by atoms with Gasteiger partial charge in [-0.25, -0.2) is 43.2 Å². The molecule has 1 aromatic rings. The Balaban J connectivity index is 2.57. The van der Waals surface area contributed by atoms with E-state index >= 15 is 0 Å². The number of hydrogen-bond donors (Lipinski definition) is 0. The number of esters is 9. The van der Waals surface area contributed by atoms with Crippen LogP contribution in [-0.2, 0) is 85.8 Å². The van der Waals surface area contributed by atoms with E-state index in [1.54, 1.807) is 13.8 Å². The molecule has 0 N–H and O–H groups in total. The van der Waals surface area contributed by atoms with E-state index in [1.165, 1.54) is 19.1 Å². The van der Waals surface area contributed by atoms with Crippen molar-refractivity contribution >= 4 is 82.7 Å². The lowest BCUT2D eigenvalue weighted by molar-refractivity contribution is -0.189. The number of ketones is 1. The van der Waals surface area contributed by atoms with Crippen LogP contribution >= 0.6 is 23.2 Å². The fourth-order valence-corrected chi connectivity index (χ4v) is 4.53. The average Bonchev–Trinajstić information content (AvgIpc) is 3.20. The second-order valence-electron chi connectivity index (χ2n) is 12.8. The topological polar surface area (TPSA) is 263 Å². The number of benzene rings is 1. The summed E-state index contributed by atoms with van der Waals surface area (Å²) in [7, 11) is 0. The summed E-state index contributed by atoms with van der Waals surface area (Å²) in [5.74, 6) is -10.7. The molecule has 0 aliphatic heterocycles. The number of allylic oxidation sites excluding steroid dienone is 1. The first-order valence-electron chi connectivity index (χ1n) is 18.5. The highest BCUT2D eigenvalue weighted by molar-refractivity contribution is 6.45. The van der Waals surface area contributed by atoms with Gasteiger partial charge in [0, 0.05) is 5.56 Å². The van der Waals surface area contributed by atoms with Gasteiger partial charge >= 0.3 is 53.7 Å². The second kappa shape index (κ2) is 25.1. The van der Waals surface area contributed by atoms with Crippen LogP contribution in [0.15, 0.2) is 24.3 Å². The van der Waals surface area contributed by atoms with Gasteiger partial charge in [-0.1, -0.05) is 36.7 Å². The first-order valence-corrected chi connectivity index (χ1v) is 19.2. The zero-order chi connectivity index (χ0) is 46.9. The lowest BCUT2D eigenvalue weighted by Gasteiger charge is -2.21. The smallest absolute Gasteiger partial charge is 0.347 e. The van der Waals surface area contributed by atoms with Crippen LogP contribution in [0.25, 0.3) is 0 Å². The number of rotatable bonds is 23. The fourth-order valence-electron chi connectivity index (χ4n) is 4.07.